The third-order valence-corrected chi connectivity index (χ3v) is 2.13. The van der Waals surface area contributed by atoms with E-state index in [0.717, 1.165) is 6.42 Å². The van der Waals surface area contributed by atoms with Gasteiger partial charge in [0.15, 0.2) is 0 Å². The zero-order valence-electron chi connectivity index (χ0n) is 9.16. The highest BCUT2D eigenvalue weighted by Gasteiger charge is 2.23. The van der Waals surface area contributed by atoms with Crippen molar-refractivity contribution in [3.05, 3.63) is 12.7 Å². The van der Waals surface area contributed by atoms with Crippen molar-refractivity contribution >= 4 is 12.0 Å². The van der Waals surface area contributed by atoms with E-state index in [-0.39, 0.29) is 12.5 Å². The minimum absolute atomic E-state index is 0.0150. The number of nitrogens with one attached hydrogen (secondary N) is 1. The molecule has 0 aliphatic rings. The summed E-state index contributed by atoms with van der Waals surface area (Å²) in [6, 6.07) is -0.688. The lowest BCUT2D eigenvalue weighted by atomic mass is 9.99. The van der Waals surface area contributed by atoms with Crippen LogP contribution >= 0.6 is 0 Å². The van der Waals surface area contributed by atoms with Crippen molar-refractivity contribution in [3.8, 4) is 0 Å². The van der Waals surface area contributed by atoms with Crippen molar-refractivity contribution in [2.45, 2.75) is 26.3 Å². The van der Waals surface area contributed by atoms with Gasteiger partial charge in [0.2, 0.25) is 5.91 Å². The highest BCUT2D eigenvalue weighted by molar-refractivity contribution is 5.84. The van der Waals surface area contributed by atoms with Gasteiger partial charge in [-0.3, -0.25) is 4.79 Å². The van der Waals surface area contributed by atoms with Crippen LogP contribution in [0.4, 0.5) is 4.79 Å². The van der Waals surface area contributed by atoms with Gasteiger partial charge in [-0.15, -0.1) is 0 Å². The van der Waals surface area contributed by atoms with Crippen molar-refractivity contribution in [2.75, 3.05) is 6.61 Å². The van der Waals surface area contributed by atoms with Gasteiger partial charge in [0, 0.05) is 0 Å². The van der Waals surface area contributed by atoms with Crippen molar-refractivity contribution in [1.29, 1.82) is 0 Å². The smallest absolute Gasteiger partial charge is 0.408 e. The van der Waals surface area contributed by atoms with Crippen LogP contribution in [-0.2, 0) is 9.53 Å². The van der Waals surface area contributed by atoms with Crippen molar-refractivity contribution in [1.82, 2.24) is 5.32 Å². The van der Waals surface area contributed by atoms with Gasteiger partial charge in [0.25, 0.3) is 0 Å². The summed E-state index contributed by atoms with van der Waals surface area (Å²) in [6.07, 6.45) is 1.54. The van der Waals surface area contributed by atoms with Crippen molar-refractivity contribution in [2.24, 2.45) is 11.7 Å². The van der Waals surface area contributed by atoms with Gasteiger partial charge in [0.1, 0.15) is 12.6 Å². The summed E-state index contributed by atoms with van der Waals surface area (Å²) >= 11 is 0. The summed E-state index contributed by atoms with van der Waals surface area (Å²) in [6.45, 7) is 7.26. The molecule has 0 unspecified atom stereocenters. The van der Waals surface area contributed by atoms with E-state index in [1.165, 1.54) is 6.08 Å². The third kappa shape index (κ3) is 5.05. The number of hydrogen-bond acceptors (Lipinski definition) is 3. The molecule has 86 valence electrons. The Morgan fingerprint density at radius 3 is 2.60 bits per heavy atom. The van der Waals surface area contributed by atoms with E-state index in [9.17, 15) is 9.59 Å². The maximum atomic E-state index is 11.1. The van der Waals surface area contributed by atoms with E-state index in [1.807, 2.05) is 13.8 Å². The van der Waals surface area contributed by atoms with Gasteiger partial charge in [-0.05, 0) is 5.92 Å². The molecule has 0 spiro atoms. The Balaban J connectivity index is 4.22. The number of ether oxygens (including phenoxy) is 1. The van der Waals surface area contributed by atoms with Crippen LogP contribution in [0.1, 0.15) is 20.3 Å². The number of hydrogen-bond donors (Lipinski definition) is 2. The second-order valence-corrected chi connectivity index (χ2v) is 3.30. The zero-order valence-corrected chi connectivity index (χ0v) is 9.16. The van der Waals surface area contributed by atoms with E-state index in [2.05, 4.69) is 11.9 Å². The Morgan fingerprint density at radius 1 is 1.60 bits per heavy atom. The van der Waals surface area contributed by atoms with E-state index in [4.69, 9.17) is 10.5 Å². The van der Waals surface area contributed by atoms with Gasteiger partial charge in [-0.1, -0.05) is 32.9 Å². The lowest BCUT2D eigenvalue weighted by molar-refractivity contribution is -0.121. The van der Waals surface area contributed by atoms with Crippen LogP contribution in [-0.4, -0.2) is 24.6 Å². The molecule has 0 rings (SSSR count). The average Bonchev–Trinajstić information content (AvgIpc) is 2.21. The largest absolute Gasteiger partial charge is 0.445 e. The first-order valence-corrected chi connectivity index (χ1v) is 4.86. The van der Waals surface area contributed by atoms with Gasteiger partial charge in [0.05, 0.1) is 0 Å². The van der Waals surface area contributed by atoms with Gasteiger partial charge >= 0.3 is 6.09 Å². The van der Waals surface area contributed by atoms with Gasteiger partial charge in [-0.25, -0.2) is 4.79 Å². The molecule has 0 bridgehead atoms. The van der Waals surface area contributed by atoms with E-state index in [0.29, 0.717) is 0 Å². The molecule has 3 N–H and O–H groups in total. The molecular formula is C10H18N2O3. The second-order valence-electron chi connectivity index (χ2n) is 3.30. The lowest BCUT2D eigenvalue weighted by Gasteiger charge is -2.20. The number of primary amides is 1. The molecule has 0 aliphatic carbocycles. The topological polar surface area (TPSA) is 81.4 Å². The average molecular weight is 214 g/mol. The fourth-order valence-electron chi connectivity index (χ4n) is 1.03. The second kappa shape index (κ2) is 6.86. The quantitative estimate of drug-likeness (QED) is 0.641. The van der Waals surface area contributed by atoms with Crippen LogP contribution in [0, 0.1) is 5.92 Å². The molecule has 0 fully saturated rings. The molecule has 15 heavy (non-hydrogen) atoms. The first kappa shape index (κ1) is 13.5. The molecule has 0 saturated carbocycles. The van der Waals surface area contributed by atoms with Crippen LogP contribution in [0.25, 0.3) is 0 Å². The van der Waals surface area contributed by atoms with E-state index < -0.39 is 18.0 Å². The Kier molecular flexibility index (Phi) is 6.17. The number of nitrogens with two attached hydrogens (primary N) is 1. The third-order valence-electron chi connectivity index (χ3n) is 2.13. The van der Waals surface area contributed by atoms with Gasteiger partial charge in [-0.2, -0.15) is 0 Å². The standard InChI is InChI=1S/C10H18N2O3/c1-4-6-15-10(14)12-8(9(11)13)7(3)5-2/h4,7-8H,1,5-6H2,2-3H3,(H2,11,13)(H,12,14)/t7-,8-/m0/s1. The molecule has 0 aromatic heterocycles. The molecule has 2 amide bonds. The normalized spacial score (nSPS) is 13.7. The Labute approximate surface area is 89.7 Å². The number of amides is 2. The first-order chi connectivity index (χ1) is 7.02. The number of rotatable bonds is 6. The molecule has 0 saturated heterocycles. The van der Waals surface area contributed by atoms with Crippen LogP contribution in [0.15, 0.2) is 12.7 Å². The minimum Gasteiger partial charge on any atom is -0.445 e. The summed E-state index contributed by atoms with van der Waals surface area (Å²) in [4.78, 5) is 22.2. The molecule has 0 aromatic rings. The fourth-order valence-corrected chi connectivity index (χ4v) is 1.03. The molecule has 0 heterocycles. The number of carbonyl (C=O) groups excluding carboxylic acids is 2. The Hall–Kier alpha value is -1.52. The summed E-state index contributed by atoms with van der Waals surface area (Å²) in [5, 5.41) is 2.42. The molecule has 0 aliphatic heterocycles. The van der Waals surface area contributed by atoms with Crippen LogP contribution in [0.5, 0.6) is 0 Å². The number of carbonyl (C=O) groups is 2. The predicted octanol–water partition coefficient (Wildman–Crippen LogP) is 0.799. The Morgan fingerprint density at radius 2 is 2.20 bits per heavy atom. The Bertz CT molecular complexity index is 241. The highest BCUT2D eigenvalue weighted by Crippen LogP contribution is 2.07. The van der Waals surface area contributed by atoms with Crippen molar-refractivity contribution in [3.63, 3.8) is 0 Å². The summed E-state index contributed by atoms with van der Waals surface area (Å²) in [5.74, 6) is -0.571. The predicted molar refractivity (Wildman–Crippen MR) is 57.1 cm³/mol. The molecule has 0 radical (unpaired) electrons. The molecule has 5 heteroatoms. The van der Waals surface area contributed by atoms with E-state index in [1.54, 1.807) is 0 Å². The SMILES string of the molecule is C=CCOC(=O)N[C@H](C(N)=O)[C@@H](C)CC. The maximum absolute atomic E-state index is 11.1. The summed E-state index contributed by atoms with van der Waals surface area (Å²) < 4.78 is 4.69. The maximum Gasteiger partial charge on any atom is 0.408 e. The zero-order chi connectivity index (χ0) is 11.8. The summed E-state index contributed by atoms with van der Waals surface area (Å²) in [7, 11) is 0. The van der Waals surface area contributed by atoms with E-state index >= 15 is 0 Å². The number of alkyl carbamates (subject to hydrolysis) is 1. The van der Waals surface area contributed by atoms with Crippen LogP contribution in [0.2, 0.25) is 0 Å². The fraction of sp³-hybridized carbons (Fsp3) is 0.600. The minimum atomic E-state index is -0.688. The first-order valence-electron chi connectivity index (χ1n) is 4.86. The molecular weight excluding hydrogens is 196 g/mol. The monoisotopic (exact) mass is 214 g/mol. The molecule has 2 atom stereocenters. The summed E-state index contributed by atoms with van der Waals surface area (Å²) in [5.41, 5.74) is 5.16. The van der Waals surface area contributed by atoms with Crippen LogP contribution in [0.3, 0.4) is 0 Å². The molecule has 0 aromatic carbocycles. The van der Waals surface area contributed by atoms with Crippen LogP contribution < -0.4 is 11.1 Å². The van der Waals surface area contributed by atoms with Gasteiger partial charge < -0.3 is 15.8 Å². The highest BCUT2D eigenvalue weighted by atomic mass is 16.5. The lowest BCUT2D eigenvalue weighted by Crippen LogP contribution is -2.48. The van der Waals surface area contributed by atoms with Crippen molar-refractivity contribution < 1.29 is 14.3 Å². The molecule has 5 nitrogen and oxygen atoms in total.